The molecule has 0 spiro atoms. The van der Waals surface area contributed by atoms with E-state index in [1.807, 2.05) is 25.1 Å². The number of methoxy groups -OCH3 is 2. The Hall–Kier alpha value is -1.51. The third kappa shape index (κ3) is 2.49. The Kier molecular flexibility index (Phi) is 3.72. The van der Waals surface area contributed by atoms with Gasteiger partial charge < -0.3 is 9.47 Å². The summed E-state index contributed by atoms with van der Waals surface area (Å²) in [5, 5.41) is 0. The molecule has 0 fully saturated rings. The molecule has 82 valence electrons. The number of hydrogen-bond donors (Lipinski definition) is 0. The Bertz CT molecular complexity index is 358. The van der Waals surface area contributed by atoms with Crippen LogP contribution in [0.1, 0.15) is 25.3 Å². The highest BCUT2D eigenvalue weighted by Gasteiger charge is 2.13. The van der Waals surface area contributed by atoms with E-state index in [1.54, 1.807) is 21.1 Å². The zero-order valence-electron chi connectivity index (χ0n) is 9.53. The highest BCUT2D eigenvalue weighted by atomic mass is 16.5. The van der Waals surface area contributed by atoms with Gasteiger partial charge in [-0.3, -0.25) is 4.79 Å². The first-order valence-corrected chi connectivity index (χ1v) is 4.82. The minimum Gasteiger partial charge on any atom is -0.493 e. The van der Waals surface area contributed by atoms with Gasteiger partial charge in [-0.2, -0.15) is 0 Å². The van der Waals surface area contributed by atoms with E-state index in [0.717, 1.165) is 5.56 Å². The smallest absolute Gasteiger partial charge is 0.161 e. The largest absolute Gasteiger partial charge is 0.493 e. The number of carbonyl (C=O) groups excluding carboxylic acids is 1. The summed E-state index contributed by atoms with van der Waals surface area (Å²) in [6, 6.07) is 5.53. The van der Waals surface area contributed by atoms with Crippen LogP contribution in [-0.4, -0.2) is 20.0 Å². The zero-order chi connectivity index (χ0) is 11.4. The average Bonchev–Trinajstić information content (AvgIpc) is 2.26. The van der Waals surface area contributed by atoms with Crippen molar-refractivity contribution >= 4 is 5.78 Å². The van der Waals surface area contributed by atoms with Crippen molar-refractivity contribution in [2.24, 2.45) is 0 Å². The molecule has 0 aliphatic carbocycles. The molecule has 1 aromatic carbocycles. The number of benzene rings is 1. The SMILES string of the molecule is COc1ccc([C@@H](C)C(C)=O)cc1OC. The van der Waals surface area contributed by atoms with Crippen LogP contribution < -0.4 is 9.47 Å². The first kappa shape index (κ1) is 11.6. The van der Waals surface area contributed by atoms with E-state index in [4.69, 9.17) is 9.47 Å². The fourth-order valence-electron chi connectivity index (χ4n) is 1.36. The van der Waals surface area contributed by atoms with Crippen LogP contribution in [-0.2, 0) is 4.79 Å². The zero-order valence-corrected chi connectivity index (χ0v) is 9.53. The van der Waals surface area contributed by atoms with Gasteiger partial charge in [-0.05, 0) is 24.6 Å². The molecule has 0 bridgehead atoms. The molecule has 1 rings (SSSR count). The van der Waals surface area contributed by atoms with Crippen LogP contribution in [0.2, 0.25) is 0 Å². The standard InChI is InChI=1S/C12H16O3/c1-8(9(2)13)10-5-6-11(14-3)12(7-10)15-4/h5-8H,1-4H3/t8-/m0/s1. The van der Waals surface area contributed by atoms with Gasteiger partial charge in [0, 0.05) is 5.92 Å². The van der Waals surface area contributed by atoms with Crippen LogP contribution in [0.3, 0.4) is 0 Å². The van der Waals surface area contributed by atoms with E-state index in [1.165, 1.54) is 0 Å². The molecule has 1 aromatic rings. The van der Waals surface area contributed by atoms with Gasteiger partial charge in [0.1, 0.15) is 5.78 Å². The molecular weight excluding hydrogens is 192 g/mol. The Morgan fingerprint density at radius 1 is 1.20 bits per heavy atom. The van der Waals surface area contributed by atoms with Crippen LogP contribution in [0.4, 0.5) is 0 Å². The lowest BCUT2D eigenvalue weighted by Gasteiger charge is -2.12. The lowest BCUT2D eigenvalue weighted by Crippen LogP contribution is -2.04. The Morgan fingerprint density at radius 3 is 2.27 bits per heavy atom. The molecule has 0 N–H and O–H groups in total. The van der Waals surface area contributed by atoms with Gasteiger partial charge in [-0.15, -0.1) is 0 Å². The van der Waals surface area contributed by atoms with Crippen LogP contribution in [0, 0.1) is 0 Å². The Labute approximate surface area is 90.0 Å². The summed E-state index contributed by atoms with van der Waals surface area (Å²) >= 11 is 0. The summed E-state index contributed by atoms with van der Waals surface area (Å²) < 4.78 is 10.3. The normalized spacial score (nSPS) is 12.0. The number of ether oxygens (including phenoxy) is 2. The van der Waals surface area contributed by atoms with Gasteiger partial charge >= 0.3 is 0 Å². The summed E-state index contributed by atoms with van der Waals surface area (Å²) in [5.41, 5.74) is 0.945. The molecule has 0 aliphatic rings. The summed E-state index contributed by atoms with van der Waals surface area (Å²) in [6.45, 7) is 3.46. The molecule has 0 unspecified atom stereocenters. The second-order valence-electron chi connectivity index (χ2n) is 3.45. The monoisotopic (exact) mass is 208 g/mol. The number of Topliss-reactive ketones (excluding diaryl/α,β-unsaturated/α-hetero) is 1. The maximum atomic E-state index is 11.2. The highest BCUT2D eigenvalue weighted by Crippen LogP contribution is 2.30. The quantitative estimate of drug-likeness (QED) is 0.762. The van der Waals surface area contributed by atoms with Crippen molar-refractivity contribution in [2.45, 2.75) is 19.8 Å². The third-order valence-corrected chi connectivity index (χ3v) is 2.52. The minimum atomic E-state index is -0.107. The number of rotatable bonds is 4. The van der Waals surface area contributed by atoms with Crippen molar-refractivity contribution < 1.29 is 14.3 Å². The van der Waals surface area contributed by atoms with Gasteiger partial charge in [0.15, 0.2) is 11.5 Å². The maximum Gasteiger partial charge on any atom is 0.161 e. The lowest BCUT2D eigenvalue weighted by molar-refractivity contribution is -0.118. The Morgan fingerprint density at radius 2 is 1.80 bits per heavy atom. The van der Waals surface area contributed by atoms with Crippen LogP contribution in [0.15, 0.2) is 18.2 Å². The summed E-state index contributed by atoms with van der Waals surface area (Å²) in [5.74, 6) is 1.37. The predicted octanol–water partition coefficient (Wildman–Crippen LogP) is 2.40. The van der Waals surface area contributed by atoms with Gasteiger partial charge in [0.2, 0.25) is 0 Å². The molecular formula is C12H16O3. The molecule has 0 amide bonds. The number of carbonyl (C=O) groups is 1. The van der Waals surface area contributed by atoms with Gasteiger partial charge in [-0.1, -0.05) is 13.0 Å². The molecule has 1 atom stereocenters. The maximum absolute atomic E-state index is 11.2. The van der Waals surface area contributed by atoms with Crippen molar-refractivity contribution in [3.63, 3.8) is 0 Å². The second kappa shape index (κ2) is 4.82. The van der Waals surface area contributed by atoms with E-state index in [0.29, 0.717) is 11.5 Å². The van der Waals surface area contributed by atoms with E-state index in [2.05, 4.69) is 0 Å². The molecule has 0 aromatic heterocycles. The van der Waals surface area contributed by atoms with Crippen molar-refractivity contribution in [2.75, 3.05) is 14.2 Å². The fourth-order valence-corrected chi connectivity index (χ4v) is 1.36. The van der Waals surface area contributed by atoms with Crippen molar-refractivity contribution in [1.29, 1.82) is 0 Å². The summed E-state index contributed by atoms with van der Waals surface area (Å²) in [7, 11) is 3.17. The van der Waals surface area contributed by atoms with E-state index in [9.17, 15) is 4.79 Å². The minimum absolute atomic E-state index is 0.107. The van der Waals surface area contributed by atoms with E-state index in [-0.39, 0.29) is 11.7 Å². The molecule has 0 saturated carbocycles. The van der Waals surface area contributed by atoms with Crippen molar-refractivity contribution in [3.8, 4) is 11.5 Å². The number of hydrogen-bond acceptors (Lipinski definition) is 3. The molecule has 0 aliphatic heterocycles. The van der Waals surface area contributed by atoms with E-state index < -0.39 is 0 Å². The molecule has 3 nitrogen and oxygen atoms in total. The average molecular weight is 208 g/mol. The molecule has 15 heavy (non-hydrogen) atoms. The van der Waals surface area contributed by atoms with Crippen LogP contribution in [0.5, 0.6) is 11.5 Å². The van der Waals surface area contributed by atoms with Gasteiger partial charge in [-0.25, -0.2) is 0 Å². The van der Waals surface area contributed by atoms with Crippen LogP contribution >= 0.6 is 0 Å². The van der Waals surface area contributed by atoms with Crippen molar-refractivity contribution in [1.82, 2.24) is 0 Å². The van der Waals surface area contributed by atoms with E-state index >= 15 is 0 Å². The first-order valence-electron chi connectivity index (χ1n) is 4.82. The second-order valence-corrected chi connectivity index (χ2v) is 3.45. The number of ketones is 1. The lowest BCUT2D eigenvalue weighted by atomic mass is 9.97. The Balaban J connectivity index is 3.07. The highest BCUT2D eigenvalue weighted by molar-refractivity contribution is 5.83. The van der Waals surface area contributed by atoms with Crippen LogP contribution in [0.25, 0.3) is 0 Å². The molecule has 0 radical (unpaired) electrons. The van der Waals surface area contributed by atoms with Gasteiger partial charge in [0.05, 0.1) is 14.2 Å². The van der Waals surface area contributed by atoms with Crippen molar-refractivity contribution in [3.05, 3.63) is 23.8 Å². The van der Waals surface area contributed by atoms with Gasteiger partial charge in [0.25, 0.3) is 0 Å². The fraction of sp³-hybridized carbons (Fsp3) is 0.417. The molecule has 0 saturated heterocycles. The first-order chi connectivity index (χ1) is 7.10. The summed E-state index contributed by atoms with van der Waals surface area (Å²) in [4.78, 5) is 11.2. The topological polar surface area (TPSA) is 35.5 Å². The molecule has 0 heterocycles. The third-order valence-electron chi connectivity index (χ3n) is 2.52. The molecule has 3 heteroatoms. The summed E-state index contributed by atoms with van der Waals surface area (Å²) in [6.07, 6.45) is 0. The predicted molar refractivity (Wildman–Crippen MR) is 58.6 cm³/mol.